The molecule has 4 rings (SSSR count). The summed E-state index contributed by atoms with van der Waals surface area (Å²) in [5, 5.41) is 1.20. The molecule has 0 amide bonds. The maximum Gasteiger partial charge on any atom is 0.507 e. The van der Waals surface area contributed by atoms with E-state index in [0.29, 0.717) is 5.56 Å². The minimum absolute atomic E-state index is 0.286. The lowest BCUT2D eigenvalue weighted by Crippen LogP contribution is -2.05. The number of ketones is 2. The molecule has 0 atom stereocenters. The third-order valence-corrected chi connectivity index (χ3v) is 3.38. The van der Waals surface area contributed by atoms with Gasteiger partial charge in [0.1, 0.15) is 0 Å². The largest absolute Gasteiger partial charge is 0.507 e. The number of benzene rings is 2. The third kappa shape index (κ3) is 5.97. The van der Waals surface area contributed by atoms with Crippen molar-refractivity contribution in [2.45, 2.75) is 6.42 Å². The number of hydrogen-bond donors (Lipinski definition) is 2. The molecule has 0 unspecified atom stereocenters. The van der Waals surface area contributed by atoms with Gasteiger partial charge in [-0.1, -0.05) is 48.5 Å². The number of halogens is 1. The number of pyridine rings is 1. The van der Waals surface area contributed by atoms with E-state index < -0.39 is 7.91 Å². The summed E-state index contributed by atoms with van der Waals surface area (Å²) in [5.74, 6) is -0.619. The number of carbonyl (C=O) groups is 2. The molecule has 0 saturated carbocycles. The topological polar surface area (TPSA) is 105 Å². The lowest BCUT2D eigenvalue weighted by molar-refractivity contribution is -0.114. The molecule has 134 valence electrons. The van der Waals surface area contributed by atoms with Crippen molar-refractivity contribution in [1.29, 1.82) is 0 Å². The monoisotopic (exact) mass is 375 g/mol. The van der Waals surface area contributed by atoms with Gasteiger partial charge in [0, 0.05) is 23.6 Å². The van der Waals surface area contributed by atoms with Crippen LogP contribution in [-0.2, 0) is 15.8 Å². The predicted octanol–water partition coefficient (Wildman–Crippen LogP) is 3.28. The SMILES string of the molecule is O=C1Cc2ccccc2C1=O.O=P(O)(O)F.c1ccc2ncccc2c1. The zero-order valence-electron chi connectivity index (χ0n) is 13.4. The van der Waals surface area contributed by atoms with Crippen molar-refractivity contribution in [3.05, 3.63) is 78.0 Å². The van der Waals surface area contributed by atoms with Crippen LogP contribution in [0.3, 0.4) is 0 Å². The van der Waals surface area contributed by atoms with Crippen LogP contribution in [0.25, 0.3) is 10.9 Å². The fourth-order valence-electron chi connectivity index (χ4n) is 2.32. The highest BCUT2D eigenvalue weighted by Crippen LogP contribution is 2.35. The van der Waals surface area contributed by atoms with Crippen LogP contribution in [-0.4, -0.2) is 26.3 Å². The van der Waals surface area contributed by atoms with Crippen LogP contribution in [0.4, 0.5) is 4.20 Å². The Kier molecular flexibility index (Phi) is 6.46. The van der Waals surface area contributed by atoms with E-state index >= 15 is 0 Å². The Labute approximate surface area is 148 Å². The molecule has 0 bridgehead atoms. The second-order valence-electron chi connectivity index (χ2n) is 5.26. The van der Waals surface area contributed by atoms with Crippen molar-refractivity contribution < 1.29 is 28.1 Å². The van der Waals surface area contributed by atoms with Crippen LogP contribution >= 0.6 is 7.91 Å². The van der Waals surface area contributed by atoms with Gasteiger partial charge in [0.05, 0.1) is 5.52 Å². The molecule has 2 aromatic carbocycles. The first-order valence-corrected chi connectivity index (χ1v) is 8.96. The maximum absolute atomic E-state index is 11.0. The number of Topliss-reactive ketones (excluding diaryl/α,β-unsaturated/α-hetero) is 2. The fraction of sp³-hybridized carbons (Fsp3) is 0.0556. The summed E-state index contributed by atoms with van der Waals surface area (Å²) >= 11 is 0. The number of fused-ring (bicyclic) bond motifs is 2. The highest BCUT2D eigenvalue weighted by molar-refractivity contribution is 7.45. The Bertz CT molecular complexity index is 912. The highest BCUT2D eigenvalue weighted by atomic mass is 31.2. The van der Waals surface area contributed by atoms with Gasteiger partial charge in [-0.2, -0.15) is 0 Å². The number of para-hydroxylation sites is 1. The lowest BCUT2D eigenvalue weighted by Gasteiger charge is -1.91. The average molecular weight is 375 g/mol. The Balaban J connectivity index is 0.000000151. The molecule has 0 saturated heterocycles. The number of carbonyl (C=O) groups excluding carboxylic acids is 2. The van der Waals surface area contributed by atoms with Crippen molar-refractivity contribution in [2.75, 3.05) is 0 Å². The maximum atomic E-state index is 11.0. The standard InChI is InChI=1S/C9H7N.C9H6O2.FH2O3P/c1-2-6-9-8(4-1)5-3-7-10-9;10-8-5-6-3-1-2-4-7(6)9(8)11;1-5(2,3)4/h1-7H;1-4H,5H2;(H2,2,3,4). The number of nitrogens with zero attached hydrogens (tertiary/aromatic N) is 1. The van der Waals surface area contributed by atoms with Crippen LogP contribution in [0.1, 0.15) is 15.9 Å². The molecule has 1 aliphatic carbocycles. The van der Waals surface area contributed by atoms with E-state index in [1.807, 2.05) is 42.6 Å². The molecule has 2 N–H and O–H groups in total. The summed E-state index contributed by atoms with van der Waals surface area (Å²) in [7, 11) is -5.14. The van der Waals surface area contributed by atoms with E-state index in [9.17, 15) is 13.8 Å². The highest BCUT2D eigenvalue weighted by Gasteiger charge is 2.26. The fourth-order valence-corrected chi connectivity index (χ4v) is 2.32. The second-order valence-corrected chi connectivity index (χ2v) is 6.20. The Morgan fingerprint density at radius 2 is 1.50 bits per heavy atom. The van der Waals surface area contributed by atoms with Gasteiger partial charge in [-0.05, 0) is 17.7 Å². The molecule has 1 aromatic heterocycles. The van der Waals surface area contributed by atoms with E-state index in [-0.39, 0.29) is 18.0 Å². The molecule has 26 heavy (non-hydrogen) atoms. The molecule has 8 heteroatoms. The van der Waals surface area contributed by atoms with E-state index in [1.165, 1.54) is 5.39 Å². The van der Waals surface area contributed by atoms with Crippen molar-refractivity contribution in [3.63, 3.8) is 0 Å². The van der Waals surface area contributed by atoms with Gasteiger partial charge in [0.2, 0.25) is 11.6 Å². The van der Waals surface area contributed by atoms with Gasteiger partial charge in [0.15, 0.2) is 0 Å². The van der Waals surface area contributed by atoms with Crippen LogP contribution in [0.5, 0.6) is 0 Å². The van der Waals surface area contributed by atoms with Crippen LogP contribution in [0.15, 0.2) is 66.9 Å². The second kappa shape index (κ2) is 8.58. The number of rotatable bonds is 0. The first kappa shape index (κ1) is 19.6. The van der Waals surface area contributed by atoms with Crippen molar-refractivity contribution in [1.82, 2.24) is 4.98 Å². The molecule has 1 heterocycles. The molecule has 3 aromatic rings. The molecular formula is C18H15FNO5P. The number of hydrogen-bond acceptors (Lipinski definition) is 4. The van der Waals surface area contributed by atoms with Gasteiger partial charge in [-0.25, -0.2) is 4.57 Å². The number of aromatic nitrogens is 1. The first-order chi connectivity index (χ1) is 12.3. The zero-order valence-corrected chi connectivity index (χ0v) is 14.3. The van der Waals surface area contributed by atoms with Gasteiger partial charge < -0.3 is 0 Å². The van der Waals surface area contributed by atoms with E-state index in [2.05, 4.69) is 17.1 Å². The Morgan fingerprint density at radius 3 is 2.15 bits per heavy atom. The summed E-state index contributed by atoms with van der Waals surface area (Å²) in [6, 6.07) is 19.2. The van der Waals surface area contributed by atoms with Crippen molar-refractivity contribution >= 4 is 30.4 Å². The van der Waals surface area contributed by atoms with Gasteiger partial charge >= 0.3 is 7.91 Å². The first-order valence-electron chi connectivity index (χ1n) is 7.46. The summed E-state index contributed by atoms with van der Waals surface area (Å²) in [6.07, 6.45) is 2.09. The molecular weight excluding hydrogens is 360 g/mol. The van der Waals surface area contributed by atoms with Crippen LogP contribution in [0, 0.1) is 0 Å². The van der Waals surface area contributed by atoms with Crippen molar-refractivity contribution in [2.24, 2.45) is 0 Å². The molecule has 0 radical (unpaired) electrons. The normalized spacial score (nSPS) is 12.6. The molecule has 6 nitrogen and oxygen atoms in total. The summed E-state index contributed by atoms with van der Waals surface area (Å²) in [5.41, 5.74) is 2.50. The molecule has 0 aliphatic heterocycles. The van der Waals surface area contributed by atoms with E-state index in [0.717, 1.165) is 11.1 Å². The third-order valence-electron chi connectivity index (χ3n) is 3.38. The Morgan fingerprint density at radius 1 is 0.923 bits per heavy atom. The summed E-state index contributed by atoms with van der Waals surface area (Å²) < 4.78 is 19.0. The van der Waals surface area contributed by atoms with Crippen LogP contribution in [0.2, 0.25) is 0 Å². The lowest BCUT2D eigenvalue weighted by atomic mass is 10.1. The summed E-state index contributed by atoms with van der Waals surface area (Å²) in [4.78, 5) is 40.0. The molecule has 0 fully saturated rings. The van der Waals surface area contributed by atoms with E-state index in [4.69, 9.17) is 14.4 Å². The summed E-state index contributed by atoms with van der Waals surface area (Å²) in [6.45, 7) is 0. The minimum Gasteiger partial charge on any atom is -0.299 e. The quantitative estimate of drug-likeness (QED) is 0.462. The average Bonchev–Trinajstić information content (AvgIpc) is 2.89. The van der Waals surface area contributed by atoms with E-state index in [1.54, 1.807) is 12.1 Å². The van der Waals surface area contributed by atoms with Crippen LogP contribution < -0.4 is 0 Å². The molecule has 0 spiro atoms. The van der Waals surface area contributed by atoms with Gasteiger partial charge in [-0.3, -0.25) is 24.4 Å². The smallest absolute Gasteiger partial charge is 0.299 e. The zero-order chi connectivity index (χ0) is 19.2. The Hall–Kier alpha value is -2.73. The van der Waals surface area contributed by atoms with Gasteiger partial charge in [-0.15, -0.1) is 4.20 Å². The van der Waals surface area contributed by atoms with Gasteiger partial charge in [0.25, 0.3) is 0 Å². The minimum atomic E-state index is -5.14. The van der Waals surface area contributed by atoms with Crippen molar-refractivity contribution in [3.8, 4) is 0 Å². The predicted molar refractivity (Wildman–Crippen MR) is 94.4 cm³/mol. The molecule has 1 aliphatic rings.